The first-order valence-corrected chi connectivity index (χ1v) is 3.80. The minimum absolute atomic E-state index is 0.301. The summed E-state index contributed by atoms with van der Waals surface area (Å²) in [5.41, 5.74) is 5.22. The fraction of sp³-hybridized carbons (Fsp3) is 0.750. The van der Waals surface area contributed by atoms with Crippen molar-refractivity contribution in [1.82, 2.24) is 0 Å². The quantitative estimate of drug-likeness (QED) is 0.431. The van der Waals surface area contributed by atoms with E-state index in [1.165, 1.54) is 0 Å². The Hall–Kier alpha value is -0.340. The van der Waals surface area contributed by atoms with Gasteiger partial charge < -0.3 is 10.8 Å². The number of hydrogen-bond acceptors (Lipinski definition) is 2. The standard InChI is InChI=1S/C8H17NO/c1-2-3-4-5-6-8(10)7-9/h2,8,10H,1,3-7,9H2/t8-/m1/s1. The Bertz CT molecular complexity index is 83.3. The van der Waals surface area contributed by atoms with Crippen molar-refractivity contribution in [3.8, 4) is 0 Å². The molecule has 2 heteroatoms. The molecular formula is C8H17NO. The minimum atomic E-state index is -0.301. The third-order valence-electron chi connectivity index (χ3n) is 1.47. The number of aliphatic hydroxyl groups is 1. The molecule has 60 valence electrons. The van der Waals surface area contributed by atoms with Gasteiger partial charge in [-0.2, -0.15) is 0 Å². The molecule has 0 aliphatic rings. The molecule has 0 unspecified atom stereocenters. The third-order valence-corrected chi connectivity index (χ3v) is 1.47. The first-order chi connectivity index (χ1) is 4.81. The molecule has 0 radical (unpaired) electrons. The molecule has 0 aliphatic carbocycles. The highest BCUT2D eigenvalue weighted by Gasteiger charge is 1.98. The fourth-order valence-corrected chi connectivity index (χ4v) is 0.786. The zero-order valence-corrected chi connectivity index (χ0v) is 6.42. The van der Waals surface area contributed by atoms with E-state index in [1.54, 1.807) is 0 Å². The Morgan fingerprint density at radius 3 is 2.70 bits per heavy atom. The van der Waals surface area contributed by atoms with Gasteiger partial charge in [0.2, 0.25) is 0 Å². The van der Waals surface area contributed by atoms with Crippen LogP contribution in [0.3, 0.4) is 0 Å². The molecule has 0 bridgehead atoms. The fourth-order valence-electron chi connectivity index (χ4n) is 0.786. The van der Waals surface area contributed by atoms with E-state index < -0.39 is 0 Å². The van der Waals surface area contributed by atoms with Crippen molar-refractivity contribution in [1.29, 1.82) is 0 Å². The van der Waals surface area contributed by atoms with Crippen LogP contribution in [0, 0.1) is 0 Å². The molecule has 10 heavy (non-hydrogen) atoms. The highest BCUT2D eigenvalue weighted by atomic mass is 16.3. The Morgan fingerprint density at radius 1 is 1.50 bits per heavy atom. The van der Waals surface area contributed by atoms with Gasteiger partial charge in [0.25, 0.3) is 0 Å². The van der Waals surface area contributed by atoms with Crippen molar-refractivity contribution in [2.24, 2.45) is 5.73 Å². The second kappa shape index (κ2) is 6.78. The summed E-state index contributed by atoms with van der Waals surface area (Å²) in [5.74, 6) is 0. The number of nitrogens with two attached hydrogens (primary N) is 1. The zero-order valence-electron chi connectivity index (χ0n) is 6.42. The topological polar surface area (TPSA) is 46.2 Å². The second-order valence-corrected chi connectivity index (χ2v) is 2.46. The van der Waals surface area contributed by atoms with Crippen molar-refractivity contribution in [2.75, 3.05) is 6.54 Å². The molecule has 0 amide bonds. The predicted octanol–water partition coefficient (Wildman–Crippen LogP) is 1.05. The maximum atomic E-state index is 9.01. The van der Waals surface area contributed by atoms with Crippen molar-refractivity contribution in [3.63, 3.8) is 0 Å². The number of allylic oxidation sites excluding steroid dienone is 1. The Balaban J connectivity index is 2.95. The molecule has 2 nitrogen and oxygen atoms in total. The third kappa shape index (κ3) is 5.79. The summed E-state index contributed by atoms with van der Waals surface area (Å²) in [6, 6.07) is 0. The van der Waals surface area contributed by atoms with E-state index in [9.17, 15) is 0 Å². The predicted molar refractivity (Wildman–Crippen MR) is 43.7 cm³/mol. The van der Waals surface area contributed by atoms with E-state index in [4.69, 9.17) is 10.8 Å². The van der Waals surface area contributed by atoms with Crippen LogP contribution in [0.15, 0.2) is 12.7 Å². The summed E-state index contributed by atoms with van der Waals surface area (Å²) in [4.78, 5) is 0. The maximum absolute atomic E-state index is 9.01. The van der Waals surface area contributed by atoms with Crippen LogP contribution in [0.4, 0.5) is 0 Å². The van der Waals surface area contributed by atoms with Gasteiger partial charge in [-0.25, -0.2) is 0 Å². The Labute approximate surface area is 62.7 Å². The van der Waals surface area contributed by atoms with Crippen LogP contribution in [0.2, 0.25) is 0 Å². The molecule has 0 saturated carbocycles. The van der Waals surface area contributed by atoms with Gasteiger partial charge in [0.05, 0.1) is 6.10 Å². The van der Waals surface area contributed by atoms with Gasteiger partial charge >= 0.3 is 0 Å². The molecule has 0 fully saturated rings. The Kier molecular flexibility index (Phi) is 6.55. The highest BCUT2D eigenvalue weighted by Crippen LogP contribution is 2.02. The second-order valence-electron chi connectivity index (χ2n) is 2.46. The maximum Gasteiger partial charge on any atom is 0.0662 e. The lowest BCUT2D eigenvalue weighted by Gasteiger charge is -2.04. The lowest BCUT2D eigenvalue weighted by atomic mass is 10.1. The normalized spacial score (nSPS) is 13.0. The van der Waals surface area contributed by atoms with Crippen LogP contribution < -0.4 is 5.73 Å². The van der Waals surface area contributed by atoms with E-state index in [0.29, 0.717) is 6.54 Å². The SMILES string of the molecule is C=CCCCC[C@@H](O)CN. The average molecular weight is 143 g/mol. The van der Waals surface area contributed by atoms with Crippen LogP contribution >= 0.6 is 0 Å². The molecule has 0 saturated heterocycles. The van der Waals surface area contributed by atoms with Gasteiger partial charge in [-0.05, 0) is 19.3 Å². The van der Waals surface area contributed by atoms with Crippen LogP contribution in [-0.4, -0.2) is 17.8 Å². The van der Waals surface area contributed by atoms with Crippen molar-refractivity contribution in [3.05, 3.63) is 12.7 Å². The van der Waals surface area contributed by atoms with Crippen LogP contribution in [-0.2, 0) is 0 Å². The van der Waals surface area contributed by atoms with Crippen molar-refractivity contribution in [2.45, 2.75) is 31.8 Å². The van der Waals surface area contributed by atoms with E-state index in [0.717, 1.165) is 25.7 Å². The van der Waals surface area contributed by atoms with E-state index in [1.807, 2.05) is 6.08 Å². The van der Waals surface area contributed by atoms with Gasteiger partial charge in [-0.3, -0.25) is 0 Å². The van der Waals surface area contributed by atoms with Crippen molar-refractivity contribution >= 4 is 0 Å². The molecular weight excluding hydrogens is 126 g/mol. The summed E-state index contributed by atoms with van der Waals surface area (Å²) in [6.45, 7) is 3.99. The summed E-state index contributed by atoms with van der Waals surface area (Å²) in [5, 5.41) is 9.01. The monoisotopic (exact) mass is 143 g/mol. The van der Waals surface area contributed by atoms with Gasteiger partial charge in [0.15, 0.2) is 0 Å². The van der Waals surface area contributed by atoms with Gasteiger partial charge in [0, 0.05) is 6.54 Å². The molecule has 1 atom stereocenters. The molecule has 0 rings (SSSR count). The van der Waals surface area contributed by atoms with Crippen LogP contribution in [0.25, 0.3) is 0 Å². The van der Waals surface area contributed by atoms with Gasteiger partial charge in [-0.1, -0.05) is 12.5 Å². The Morgan fingerprint density at radius 2 is 2.20 bits per heavy atom. The van der Waals surface area contributed by atoms with E-state index in [2.05, 4.69) is 6.58 Å². The molecule has 0 aromatic carbocycles. The summed E-state index contributed by atoms with van der Waals surface area (Å²) >= 11 is 0. The molecule has 0 aliphatic heterocycles. The first kappa shape index (κ1) is 9.66. The number of aliphatic hydroxyl groups excluding tert-OH is 1. The number of unbranched alkanes of at least 4 members (excludes halogenated alkanes) is 2. The molecule has 0 heterocycles. The van der Waals surface area contributed by atoms with Crippen molar-refractivity contribution < 1.29 is 5.11 Å². The average Bonchev–Trinajstić information content (AvgIpc) is 1.98. The minimum Gasteiger partial charge on any atom is -0.392 e. The van der Waals surface area contributed by atoms with E-state index in [-0.39, 0.29) is 6.10 Å². The number of hydrogen-bond donors (Lipinski definition) is 2. The zero-order chi connectivity index (χ0) is 7.82. The molecule has 0 aromatic heterocycles. The highest BCUT2D eigenvalue weighted by molar-refractivity contribution is 4.66. The molecule has 0 spiro atoms. The summed E-state index contributed by atoms with van der Waals surface area (Å²) in [6.07, 6.45) is 5.62. The van der Waals surface area contributed by atoms with Gasteiger partial charge in [0.1, 0.15) is 0 Å². The molecule has 3 N–H and O–H groups in total. The van der Waals surface area contributed by atoms with Gasteiger partial charge in [-0.15, -0.1) is 6.58 Å². The smallest absolute Gasteiger partial charge is 0.0662 e. The largest absolute Gasteiger partial charge is 0.392 e. The molecule has 0 aromatic rings. The van der Waals surface area contributed by atoms with Crippen LogP contribution in [0.1, 0.15) is 25.7 Å². The van der Waals surface area contributed by atoms with Crippen LogP contribution in [0.5, 0.6) is 0 Å². The summed E-state index contributed by atoms with van der Waals surface area (Å²) in [7, 11) is 0. The lowest BCUT2D eigenvalue weighted by Crippen LogP contribution is -2.19. The first-order valence-electron chi connectivity index (χ1n) is 3.80. The lowest BCUT2D eigenvalue weighted by molar-refractivity contribution is 0.169. The number of rotatable bonds is 6. The van der Waals surface area contributed by atoms with E-state index >= 15 is 0 Å². The summed E-state index contributed by atoms with van der Waals surface area (Å²) < 4.78 is 0.